The van der Waals surface area contributed by atoms with Crippen molar-refractivity contribution in [2.75, 3.05) is 6.61 Å². The highest BCUT2D eigenvalue weighted by Crippen LogP contribution is 2.26. The standard InChI is InChI=1S/C19H20ClNO2/c1-2-23-19(22)18-11-15-7-3-4-8-16(15)13-21(18)12-14-6-5-9-17(20)10-14/h3-10,18H,2,11-13H2,1H3. The summed E-state index contributed by atoms with van der Waals surface area (Å²) in [4.78, 5) is 14.6. The number of fused-ring (bicyclic) bond motifs is 1. The van der Waals surface area contributed by atoms with E-state index in [9.17, 15) is 4.79 Å². The molecule has 3 rings (SSSR count). The van der Waals surface area contributed by atoms with Crippen LogP contribution in [0.1, 0.15) is 23.6 Å². The highest BCUT2D eigenvalue weighted by Gasteiger charge is 2.32. The molecule has 2 aromatic rings. The Morgan fingerprint density at radius 3 is 2.74 bits per heavy atom. The Bertz CT molecular complexity index is 701. The topological polar surface area (TPSA) is 29.5 Å². The largest absolute Gasteiger partial charge is 0.465 e. The van der Waals surface area contributed by atoms with Crippen LogP contribution in [0, 0.1) is 0 Å². The molecular formula is C19H20ClNO2. The van der Waals surface area contributed by atoms with Crippen molar-refractivity contribution < 1.29 is 9.53 Å². The minimum Gasteiger partial charge on any atom is -0.465 e. The van der Waals surface area contributed by atoms with Crippen molar-refractivity contribution in [1.29, 1.82) is 0 Å². The Balaban J connectivity index is 1.86. The summed E-state index contributed by atoms with van der Waals surface area (Å²) in [6.07, 6.45) is 0.690. The van der Waals surface area contributed by atoms with Crippen LogP contribution in [0.25, 0.3) is 0 Å². The van der Waals surface area contributed by atoms with E-state index in [1.165, 1.54) is 11.1 Å². The predicted molar refractivity (Wildman–Crippen MR) is 91.3 cm³/mol. The van der Waals surface area contributed by atoms with E-state index in [1.807, 2.05) is 43.3 Å². The molecule has 2 aromatic carbocycles. The smallest absolute Gasteiger partial charge is 0.323 e. The van der Waals surface area contributed by atoms with Gasteiger partial charge in [0.15, 0.2) is 0 Å². The zero-order valence-corrected chi connectivity index (χ0v) is 13.9. The first kappa shape index (κ1) is 16.0. The fraction of sp³-hybridized carbons (Fsp3) is 0.316. The van der Waals surface area contributed by atoms with Crippen LogP contribution in [-0.2, 0) is 29.0 Å². The van der Waals surface area contributed by atoms with Gasteiger partial charge in [-0.05, 0) is 42.2 Å². The van der Waals surface area contributed by atoms with Crippen LogP contribution in [0.15, 0.2) is 48.5 Å². The minimum absolute atomic E-state index is 0.149. The first-order valence-electron chi connectivity index (χ1n) is 7.89. The number of esters is 1. The lowest BCUT2D eigenvalue weighted by Gasteiger charge is -2.35. The molecule has 4 heteroatoms. The van der Waals surface area contributed by atoms with E-state index in [1.54, 1.807) is 0 Å². The molecule has 0 fully saturated rings. The Kier molecular flexibility index (Phi) is 4.99. The molecule has 0 N–H and O–H groups in total. The first-order valence-corrected chi connectivity index (χ1v) is 8.27. The summed E-state index contributed by atoms with van der Waals surface area (Å²) in [5.74, 6) is -0.149. The maximum Gasteiger partial charge on any atom is 0.323 e. The number of nitrogens with zero attached hydrogens (tertiary/aromatic N) is 1. The van der Waals surface area contributed by atoms with Gasteiger partial charge in [-0.1, -0.05) is 48.0 Å². The maximum atomic E-state index is 12.4. The number of hydrogen-bond acceptors (Lipinski definition) is 3. The van der Waals surface area contributed by atoms with Crippen LogP contribution < -0.4 is 0 Å². The Labute approximate surface area is 141 Å². The molecule has 0 saturated carbocycles. The van der Waals surface area contributed by atoms with Gasteiger partial charge in [0.1, 0.15) is 6.04 Å². The lowest BCUT2D eigenvalue weighted by Crippen LogP contribution is -2.45. The molecule has 3 nitrogen and oxygen atoms in total. The molecule has 120 valence electrons. The van der Waals surface area contributed by atoms with E-state index in [2.05, 4.69) is 17.0 Å². The number of rotatable bonds is 4. The van der Waals surface area contributed by atoms with Crippen LogP contribution in [-0.4, -0.2) is 23.5 Å². The van der Waals surface area contributed by atoms with E-state index in [0.29, 0.717) is 24.6 Å². The number of carbonyl (C=O) groups is 1. The summed E-state index contributed by atoms with van der Waals surface area (Å²) in [5, 5.41) is 0.715. The molecule has 0 aromatic heterocycles. The normalized spacial score (nSPS) is 17.6. The van der Waals surface area contributed by atoms with Crippen molar-refractivity contribution in [2.45, 2.75) is 32.5 Å². The van der Waals surface area contributed by atoms with Gasteiger partial charge in [0.2, 0.25) is 0 Å². The number of halogens is 1. The van der Waals surface area contributed by atoms with Gasteiger partial charge in [0.25, 0.3) is 0 Å². The molecule has 1 atom stereocenters. The van der Waals surface area contributed by atoms with Crippen LogP contribution in [0.5, 0.6) is 0 Å². The van der Waals surface area contributed by atoms with Gasteiger partial charge < -0.3 is 4.74 Å². The highest BCUT2D eigenvalue weighted by molar-refractivity contribution is 6.30. The summed E-state index contributed by atoms with van der Waals surface area (Å²) in [6.45, 7) is 3.67. The van der Waals surface area contributed by atoms with Crippen molar-refractivity contribution in [3.8, 4) is 0 Å². The lowest BCUT2D eigenvalue weighted by molar-refractivity contribution is -0.150. The highest BCUT2D eigenvalue weighted by atomic mass is 35.5. The molecule has 0 bridgehead atoms. The first-order chi connectivity index (χ1) is 11.2. The quantitative estimate of drug-likeness (QED) is 0.798. The molecule has 23 heavy (non-hydrogen) atoms. The van der Waals surface area contributed by atoms with Gasteiger partial charge in [-0.2, -0.15) is 0 Å². The van der Waals surface area contributed by atoms with Gasteiger partial charge in [0, 0.05) is 18.1 Å². The summed E-state index contributed by atoms with van der Waals surface area (Å²) >= 11 is 6.08. The Morgan fingerprint density at radius 1 is 1.22 bits per heavy atom. The maximum absolute atomic E-state index is 12.4. The van der Waals surface area contributed by atoms with Gasteiger partial charge in [0.05, 0.1) is 6.61 Å². The third-order valence-corrected chi connectivity index (χ3v) is 4.41. The second-order valence-electron chi connectivity index (χ2n) is 5.78. The summed E-state index contributed by atoms with van der Waals surface area (Å²) in [7, 11) is 0. The van der Waals surface area contributed by atoms with E-state index < -0.39 is 0 Å². The molecular weight excluding hydrogens is 310 g/mol. The Hall–Kier alpha value is -1.84. The molecule has 0 aliphatic carbocycles. The van der Waals surface area contributed by atoms with E-state index in [-0.39, 0.29) is 12.0 Å². The molecule has 0 spiro atoms. The lowest BCUT2D eigenvalue weighted by atomic mass is 9.93. The summed E-state index contributed by atoms with van der Waals surface area (Å²) in [6, 6.07) is 15.8. The predicted octanol–water partition coefficient (Wildman–Crippen LogP) is 3.83. The van der Waals surface area contributed by atoms with Gasteiger partial charge in [-0.3, -0.25) is 9.69 Å². The SMILES string of the molecule is CCOC(=O)C1Cc2ccccc2CN1Cc1cccc(Cl)c1. The van der Waals surface area contributed by atoms with Crippen LogP contribution in [0.4, 0.5) is 0 Å². The fourth-order valence-electron chi connectivity index (χ4n) is 3.08. The molecule has 0 amide bonds. The third-order valence-electron chi connectivity index (χ3n) is 4.18. The van der Waals surface area contributed by atoms with E-state index >= 15 is 0 Å². The molecule has 1 aliphatic heterocycles. The zero-order valence-electron chi connectivity index (χ0n) is 13.2. The van der Waals surface area contributed by atoms with E-state index in [4.69, 9.17) is 16.3 Å². The molecule has 1 aliphatic rings. The number of hydrogen-bond donors (Lipinski definition) is 0. The van der Waals surface area contributed by atoms with Gasteiger partial charge in [-0.25, -0.2) is 0 Å². The Morgan fingerprint density at radius 2 is 2.00 bits per heavy atom. The monoisotopic (exact) mass is 329 g/mol. The second-order valence-corrected chi connectivity index (χ2v) is 6.21. The van der Waals surface area contributed by atoms with Crippen molar-refractivity contribution in [3.63, 3.8) is 0 Å². The summed E-state index contributed by atoms with van der Waals surface area (Å²) < 4.78 is 5.28. The minimum atomic E-state index is -0.246. The number of carbonyl (C=O) groups excluding carboxylic acids is 1. The van der Waals surface area contributed by atoms with Gasteiger partial charge >= 0.3 is 5.97 Å². The zero-order chi connectivity index (χ0) is 16.2. The average Bonchev–Trinajstić information content (AvgIpc) is 2.54. The molecule has 1 unspecified atom stereocenters. The van der Waals surface area contributed by atoms with Crippen molar-refractivity contribution in [2.24, 2.45) is 0 Å². The molecule has 0 radical (unpaired) electrons. The van der Waals surface area contributed by atoms with E-state index in [0.717, 1.165) is 12.1 Å². The molecule has 1 heterocycles. The van der Waals surface area contributed by atoms with Crippen LogP contribution in [0.2, 0.25) is 5.02 Å². The van der Waals surface area contributed by atoms with Crippen LogP contribution in [0.3, 0.4) is 0 Å². The second kappa shape index (κ2) is 7.16. The number of ether oxygens (including phenoxy) is 1. The van der Waals surface area contributed by atoms with Crippen molar-refractivity contribution in [1.82, 2.24) is 4.90 Å². The van der Waals surface area contributed by atoms with Crippen molar-refractivity contribution in [3.05, 3.63) is 70.2 Å². The van der Waals surface area contributed by atoms with Crippen LogP contribution >= 0.6 is 11.6 Å². The number of benzene rings is 2. The molecule has 0 saturated heterocycles. The average molecular weight is 330 g/mol. The third kappa shape index (κ3) is 3.74. The van der Waals surface area contributed by atoms with Gasteiger partial charge in [-0.15, -0.1) is 0 Å². The summed E-state index contributed by atoms with van der Waals surface area (Å²) in [5.41, 5.74) is 3.61. The van der Waals surface area contributed by atoms with Crippen molar-refractivity contribution >= 4 is 17.6 Å². The fourth-order valence-corrected chi connectivity index (χ4v) is 3.30.